The Kier molecular flexibility index (Phi) is 5.12. The molecule has 0 fully saturated rings. The first kappa shape index (κ1) is 15.3. The van der Waals surface area contributed by atoms with E-state index in [1.54, 1.807) is 0 Å². The van der Waals surface area contributed by atoms with E-state index in [9.17, 15) is 4.79 Å². The smallest absolute Gasteiger partial charge is 0.241 e. The molecule has 0 unspecified atom stereocenters. The van der Waals surface area contributed by atoms with Crippen LogP contribution in [-0.2, 0) is 11.3 Å². The van der Waals surface area contributed by atoms with Crippen LogP contribution in [0.4, 0.5) is 5.69 Å². The lowest BCUT2D eigenvalue weighted by molar-refractivity contribution is -0.120. The summed E-state index contributed by atoms with van der Waals surface area (Å²) in [5.41, 5.74) is 3.33. The molecule has 0 aromatic heterocycles. The maximum Gasteiger partial charge on any atom is 0.241 e. The highest BCUT2D eigenvalue weighted by molar-refractivity contribution is 5.94. The van der Waals surface area contributed by atoms with Crippen molar-refractivity contribution in [1.82, 2.24) is 4.90 Å². The Morgan fingerprint density at radius 3 is 2.38 bits per heavy atom. The Balaban J connectivity index is 1.97. The standard InChI is InChI=1S/C18H22N2O/c1-14-9-7-8-10-16(14)13-20(3)15(2)18(21)19-17-11-5-4-6-12-17/h4-12,15H,13H2,1-3H3,(H,19,21)/t15-/m0/s1. The predicted octanol–water partition coefficient (Wildman–Crippen LogP) is 3.45. The van der Waals surface area contributed by atoms with Gasteiger partial charge in [-0.15, -0.1) is 0 Å². The average Bonchev–Trinajstić information content (AvgIpc) is 2.49. The second kappa shape index (κ2) is 7.04. The van der Waals surface area contributed by atoms with Gasteiger partial charge in [0.15, 0.2) is 0 Å². The Morgan fingerprint density at radius 2 is 1.71 bits per heavy atom. The molecule has 0 aliphatic carbocycles. The molecule has 2 aromatic carbocycles. The molecule has 3 nitrogen and oxygen atoms in total. The molecule has 110 valence electrons. The Morgan fingerprint density at radius 1 is 1.10 bits per heavy atom. The molecular formula is C18H22N2O. The highest BCUT2D eigenvalue weighted by Gasteiger charge is 2.18. The lowest BCUT2D eigenvalue weighted by atomic mass is 10.1. The molecule has 2 rings (SSSR count). The molecule has 21 heavy (non-hydrogen) atoms. The lowest BCUT2D eigenvalue weighted by Crippen LogP contribution is -2.39. The summed E-state index contributed by atoms with van der Waals surface area (Å²) >= 11 is 0. The van der Waals surface area contributed by atoms with Crippen molar-refractivity contribution in [3.05, 3.63) is 65.7 Å². The summed E-state index contributed by atoms with van der Waals surface area (Å²) in [7, 11) is 1.97. The van der Waals surface area contributed by atoms with Gasteiger partial charge in [-0.1, -0.05) is 42.5 Å². The molecule has 1 atom stereocenters. The normalized spacial score (nSPS) is 12.2. The number of likely N-dealkylation sites (N-methyl/N-ethyl adjacent to an activating group) is 1. The quantitative estimate of drug-likeness (QED) is 0.911. The van der Waals surface area contributed by atoms with Crippen LogP contribution in [-0.4, -0.2) is 23.9 Å². The summed E-state index contributed by atoms with van der Waals surface area (Å²) < 4.78 is 0. The Hall–Kier alpha value is -2.13. The van der Waals surface area contributed by atoms with Gasteiger partial charge in [-0.3, -0.25) is 9.69 Å². The van der Waals surface area contributed by atoms with Gasteiger partial charge in [-0.25, -0.2) is 0 Å². The number of nitrogens with zero attached hydrogens (tertiary/aromatic N) is 1. The van der Waals surface area contributed by atoms with Crippen LogP contribution >= 0.6 is 0 Å². The van der Waals surface area contributed by atoms with Crippen molar-refractivity contribution in [1.29, 1.82) is 0 Å². The monoisotopic (exact) mass is 282 g/mol. The summed E-state index contributed by atoms with van der Waals surface area (Å²) in [6, 6.07) is 17.6. The second-order valence-corrected chi connectivity index (χ2v) is 5.37. The minimum absolute atomic E-state index is 0.0114. The van der Waals surface area contributed by atoms with Crippen molar-refractivity contribution in [3.63, 3.8) is 0 Å². The SMILES string of the molecule is Cc1ccccc1CN(C)[C@@H](C)C(=O)Nc1ccccc1. The third-order valence-corrected chi connectivity index (χ3v) is 3.76. The van der Waals surface area contributed by atoms with Crippen LogP contribution in [0.5, 0.6) is 0 Å². The fourth-order valence-corrected chi connectivity index (χ4v) is 2.16. The molecular weight excluding hydrogens is 260 g/mol. The van der Waals surface area contributed by atoms with Gasteiger partial charge in [-0.2, -0.15) is 0 Å². The zero-order chi connectivity index (χ0) is 15.2. The predicted molar refractivity (Wildman–Crippen MR) is 87.2 cm³/mol. The zero-order valence-corrected chi connectivity index (χ0v) is 12.8. The van der Waals surface area contributed by atoms with Crippen LogP contribution in [0.2, 0.25) is 0 Å². The second-order valence-electron chi connectivity index (χ2n) is 5.37. The number of para-hydroxylation sites is 1. The van der Waals surface area contributed by atoms with Crippen molar-refractivity contribution in [2.75, 3.05) is 12.4 Å². The van der Waals surface area contributed by atoms with Crippen LogP contribution in [0.3, 0.4) is 0 Å². The van der Waals surface area contributed by atoms with Crippen LogP contribution < -0.4 is 5.32 Å². The maximum atomic E-state index is 12.3. The molecule has 0 radical (unpaired) electrons. The van der Waals surface area contributed by atoms with E-state index < -0.39 is 0 Å². The van der Waals surface area contributed by atoms with Gasteiger partial charge >= 0.3 is 0 Å². The van der Waals surface area contributed by atoms with E-state index in [4.69, 9.17) is 0 Å². The van der Waals surface area contributed by atoms with Crippen molar-refractivity contribution < 1.29 is 4.79 Å². The number of carbonyl (C=O) groups excluding carboxylic acids is 1. The summed E-state index contributed by atoms with van der Waals surface area (Å²) in [6.07, 6.45) is 0. The first-order valence-electron chi connectivity index (χ1n) is 7.18. The van der Waals surface area contributed by atoms with Crippen molar-refractivity contribution in [2.24, 2.45) is 0 Å². The van der Waals surface area contributed by atoms with Crippen molar-refractivity contribution in [3.8, 4) is 0 Å². The number of hydrogen-bond acceptors (Lipinski definition) is 2. The van der Waals surface area contributed by atoms with E-state index in [2.05, 4.69) is 29.3 Å². The molecule has 0 bridgehead atoms. The van der Waals surface area contributed by atoms with Gasteiger partial charge < -0.3 is 5.32 Å². The fraction of sp³-hybridized carbons (Fsp3) is 0.278. The van der Waals surface area contributed by atoms with Crippen molar-refractivity contribution in [2.45, 2.75) is 26.4 Å². The topological polar surface area (TPSA) is 32.3 Å². The van der Waals surface area contributed by atoms with Gasteiger partial charge in [-0.05, 0) is 44.2 Å². The minimum Gasteiger partial charge on any atom is -0.325 e. The van der Waals surface area contributed by atoms with E-state index in [1.807, 2.05) is 56.4 Å². The molecule has 0 aliphatic rings. The summed E-state index contributed by atoms with van der Waals surface area (Å²) in [6.45, 7) is 4.78. The number of anilines is 1. The minimum atomic E-state index is -0.190. The van der Waals surface area contributed by atoms with E-state index in [0.717, 1.165) is 12.2 Å². The van der Waals surface area contributed by atoms with E-state index in [-0.39, 0.29) is 11.9 Å². The molecule has 2 aromatic rings. The molecule has 3 heteroatoms. The third-order valence-electron chi connectivity index (χ3n) is 3.76. The van der Waals surface area contributed by atoms with Crippen LogP contribution in [0.15, 0.2) is 54.6 Å². The maximum absolute atomic E-state index is 12.3. The van der Waals surface area contributed by atoms with E-state index in [0.29, 0.717) is 0 Å². The summed E-state index contributed by atoms with van der Waals surface area (Å²) in [4.78, 5) is 14.3. The number of amides is 1. The first-order valence-corrected chi connectivity index (χ1v) is 7.18. The highest BCUT2D eigenvalue weighted by atomic mass is 16.2. The Bertz CT molecular complexity index is 595. The number of carbonyl (C=O) groups is 1. The summed E-state index contributed by atoms with van der Waals surface area (Å²) in [5.74, 6) is 0.0114. The number of benzene rings is 2. The fourth-order valence-electron chi connectivity index (χ4n) is 2.16. The van der Waals surface area contributed by atoms with Crippen molar-refractivity contribution >= 4 is 11.6 Å². The zero-order valence-electron chi connectivity index (χ0n) is 12.8. The van der Waals surface area contributed by atoms with Gasteiger partial charge in [0.25, 0.3) is 0 Å². The highest BCUT2D eigenvalue weighted by Crippen LogP contribution is 2.13. The number of hydrogen-bond donors (Lipinski definition) is 1. The van der Waals surface area contributed by atoms with E-state index in [1.165, 1.54) is 11.1 Å². The third kappa shape index (κ3) is 4.17. The molecule has 0 heterocycles. The molecule has 1 N–H and O–H groups in total. The van der Waals surface area contributed by atoms with Gasteiger partial charge in [0.2, 0.25) is 5.91 Å². The van der Waals surface area contributed by atoms with Crippen LogP contribution in [0.1, 0.15) is 18.1 Å². The molecule has 0 saturated heterocycles. The number of rotatable bonds is 5. The first-order chi connectivity index (χ1) is 10.1. The van der Waals surface area contributed by atoms with Gasteiger partial charge in [0.1, 0.15) is 0 Å². The van der Waals surface area contributed by atoms with E-state index >= 15 is 0 Å². The number of aryl methyl sites for hydroxylation is 1. The Labute approximate surface area is 126 Å². The molecule has 0 saturated carbocycles. The molecule has 0 spiro atoms. The van der Waals surface area contributed by atoms with Crippen LogP contribution in [0, 0.1) is 6.92 Å². The van der Waals surface area contributed by atoms with Crippen LogP contribution in [0.25, 0.3) is 0 Å². The molecule has 1 amide bonds. The average molecular weight is 282 g/mol. The largest absolute Gasteiger partial charge is 0.325 e. The van der Waals surface area contributed by atoms with Gasteiger partial charge in [0.05, 0.1) is 6.04 Å². The number of nitrogens with one attached hydrogen (secondary N) is 1. The molecule has 0 aliphatic heterocycles. The lowest BCUT2D eigenvalue weighted by Gasteiger charge is -2.24. The summed E-state index contributed by atoms with van der Waals surface area (Å²) in [5, 5.41) is 2.94. The van der Waals surface area contributed by atoms with Gasteiger partial charge in [0, 0.05) is 12.2 Å².